The van der Waals surface area contributed by atoms with Gasteiger partial charge in [-0.15, -0.1) is 0 Å². The Labute approximate surface area is 106 Å². The van der Waals surface area contributed by atoms with Crippen LogP contribution in [0.4, 0.5) is 0 Å². The van der Waals surface area contributed by atoms with Crippen LogP contribution in [0.5, 0.6) is 0 Å². The average molecular weight is 399 g/mol. The third-order valence-corrected chi connectivity index (χ3v) is 0.763. The number of carbonyl (C=O) groups excluding carboxylic acids is 2. The molecule has 0 aromatic heterocycles. The van der Waals surface area contributed by atoms with Gasteiger partial charge in [-0.1, -0.05) is 13.2 Å². The Hall–Kier alpha value is -1.68. The van der Waals surface area contributed by atoms with Crippen LogP contribution in [0.15, 0.2) is 24.3 Å². The topological polar surface area (TPSA) is 128 Å². The van der Waals surface area contributed by atoms with Crippen LogP contribution in [0.2, 0.25) is 0 Å². The minimum atomic E-state index is -1.51. The minimum Gasteiger partial charge on any atom is -0.544 e. The number of rotatable bonds is 2. The fourth-order valence-corrected chi connectivity index (χ4v) is 0.0913. The van der Waals surface area contributed by atoms with E-state index >= 15 is 0 Å². The number of hydrogen-bond donors (Lipinski definition) is 0. The van der Waals surface area contributed by atoms with Crippen molar-refractivity contribution in [2.45, 2.75) is 0 Å². The van der Waals surface area contributed by atoms with Crippen molar-refractivity contribution in [1.82, 2.24) is 0 Å². The van der Waals surface area contributed by atoms with Gasteiger partial charge < -0.3 is 19.8 Å². The predicted molar refractivity (Wildman–Crippen MR) is 45.3 cm³/mol. The molecule has 0 spiro atoms. The van der Waals surface area contributed by atoms with Gasteiger partial charge in [0.1, 0.15) is 12.1 Å². The summed E-state index contributed by atoms with van der Waals surface area (Å²) in [5.74, 6) is -3.02. The molecule has 0 aliphatic carbocycles. The van der Waals surface area contributed by atoms with Crippen molar-refractivity contribution in [3.63, 3.8) is 0 Å². The summed E-state index contributed by atoms with van der Waals surface area (Å²) in [5, 5.41) is 34.5. The minimum absolute atomic E-state index is 0. The Morgan fingerprint density at radius 3 is 1.13 bits per heavy atom. The molecule has 0 unspecified atom stereocenters. The van der Waals surface area contributed by atoms with Crippen molar-refractivity contribution in [1.29, 1.82) is 10.5 Å². The second-order valence-corrected chi connectivity index (χ2v) is 1.76. The van der Waals surface area contributed by atoms with Crippen molar-refractivity contribution >= 4 is 39.2 Å². The van der Waals surface area contributed by atoms with E-state index < -0.39 is 23.1 Å². The van der Waals surface area contributed by atoms with Crippen LogP contribution in [0, 0.1) is 22.7 Å². The van der Waals surface area contributed by atoms with E-state index in [1.807, 2.05) is 0 Å². The van der Waals surface area contributed by atoms with Crippen LogP contribution in [0.1, 0.15) is 0 Å². The van der Waals surface area contributed by atoms with Gasteiger partial charge in [0.25, 0.3) is 0 Å². The van der Waals surface area contributed by atoms with Gasteiger partial charge in [0.15, 0.2) is 0 Å². The molecule has 0 aromatic carbocycles. The number of hydrogen-bond acceptors (Lipinski definition) is 6. The Balaban J connectivity index is -0.000000180. The van der Waals surface area contributed by atoms with Crippen LogP contribution in [0.3, 0.4) is 0 Å². The van der Waals surface area contributed by atoms with Crippen molar-refractivity contribution in [2.24, 2.45) is 0 Å². The van der Waals surface area contributed by atoms with Gasteiger partial charge in [0, 0.05) is 0 Å². The van der Waals surface area contributed by atoms with Crippen molar-refractivity contribution in [2.75, 3.05) is 0 Å². The van der Waals surface area contributed by atoms with Crippen LogP contribution in [-0.2, 0) is 9.59 Å². The molecule has 74 valence electrons. The number of carboxylic acids is 2. The molecule has 0 rings (SSSR count). The molecule has 6 nitrogen and oxygen atoms in total. The van der Waals surface area contributed by atoms with Crippen LogP contribution >= 0.6 is 0 Å². The molecule has 0 heterocycles. The van der Waals surface area contributed by atoms with Gasteiger partial charge in [0.2, 0.25) is 0 Å². The fraction of sp³-hybridized carbons (Fsp3) is 0. The van der Waals surface area contributed by atoms with Gasteiger partial charge in [-0.05, 0) is 0 Å². The second-order valence-electron chi connectivity index (χ2n) is 1.76. The molecule has 0 saturated heterocycles. The van der Waals surface area contributed by atoms with Gasteiger partial charge in [-0.3, -0.25) is 0 Å². The fourth-order valence-electron chi connectivity index (χ4n) is 0.0913. The van der Waals surface area contributed by atoms with Crippen molar-refractivity contribution in [3.05, 3.63) is 24.3 Å². The van der Waals surface area contributed by atoms with Crippen LogP contribution in [0.25, 0.3) is 0 Å². The standard InChI is InChI=1S/2C4H3NO2.Pb/c2*1-3(2-5)4(6)7;/h2*1H2,(H,6,7);/q;;+2/p-2. The summed E-state index contributed by atoms with van der Waals surface area (Å²) in [4.78, 5) is 19.0. The quantitative estimate of drug-likeness (QED) is 0.281. The summed E-state index contributed by atoms with van der Waals surface area (Å²) in [7, 11) is 0. The molecule has 0 saturated carbocycles. The van der Waals surface area contributed by atoms with Crippen molar-refractivity contribution in [3.8, 4) is 12.1 Å². The summed E-state index contributed by atoms with van der Waals surface area (Å²) in [5.41, 5.74) is -1.08. The molecule has 0 aliphatic heterocycles. The van der Waals surface area contributed by atoms with E-state index in [0.717, 1.165) is 0 Å². The molecule has 2 radical (unpaired) electrons. The molecule has 0 fully saturated rings. The first-order valence-electron chi connectivity index (χ1n) is 2.97. The normalized spacial score (nSPS) is 6.27. The molecule has 0 aliphatic rings. The monoisotopic (exact) mass is 400 g/mol. The zero-order valence-corrected chi connectivity index (χ0v) is 11.3. The number of nitriles is 2. The van der Waals surface area contributed by atoms with Crippen LogP contribution in [-0.4, -0.2) is 39.2 Å². The molecule has 0 bridgehead atoms. The third kappa shape index (κ3) is 12.3. The van der Waals surface area contributed by atoms with E-state index in [2.05, 4.69) is 13.2 Å². The molecule has 0 N–H and O–H groups in total. The van der Waals surface area contributed by atoms with Gasteiger partial charge in [-0.2, -0.15) is 10.5 Å². The molecule has 0 amide bonds. The second kappa shape index (κ2) is 10.4. The largest absolute Gasteiger partial charge is 2.00 e. The summed E-state index contributed by atoms with van der Waals surface area (Å²) >= 11 is 0. The zero-order valence-electron chi connectivity index (χ0n) is 7.44. The maximum atomic E-state index is 9.50. The summed E-state index contributed by atoms with van der Waals surface area (Å²) in [6.45, 7) is 5.70. The van der Waals surface area contributed by atoms with Gasteiger partial charge in [-0.25, -0.2) is 0 Å². The Morgan fingerprint density at radius 1 is 0.933 bits per heavy atom. The Bertz CT molecular complexity index is 326. The Morgan fingerprint density at radius 2 is 1.13 bits per heavy atom. The molecule has 15 heavy (non-hydrogen) atoms. The van der Waals surface area contributed by atoms with Gasteiger partial charge >= 0.3 is 27.3 Å². The number of aliphatic carboxylic acids is 2. The first-order chi connectivity index (χ1) is 6.36. The first-order valence-corrected chi connectivity index (χ1v) is 2.97. The molecule has 0 aromatic rings. The molecule has 0 atom stereocenters. The van der Waals surface area contributed by atoms with E-state index in [4.69, 9.17) is 10.5 Å². The summed E-state index contributed by atoms with van der Waals surface area (Å²) < 4.78 is 0. The van der Waals surface area contributed by atoms with E-state index in [1.54, 1.807) is 0 Å². The van der Waals surface area contributed by atoms with E-state index in [-0.39, 0.29) is 27.3 Å². The first kappa shape index (κ1) is 19.0. The number of carboxylic acid groups (broad SMARTS) is 2. The maximum absolute atomic E-state index is 9.50. The van der Waals surface area contributed by atoms with E-state index in [0.29, 0.717) is 0 Å². The Kier molecular flexibility index (Phi) is 13.2. The maximum Gasteiger partial charge on any atom is 2.00 e. The third-order valence-electron chi connectivity index (χ3n) is 0.763. The van der Waals surface area contributed by atoms with E-state index in [1.165, 1.54) is 12.1 Å². The summed E-state index contributed by atoms with van der Waals surface area (Å²) in [6.07, 6.45) is 0. The SMILES string of the molecule is C=C(C#N)C(=O)[O-].C=C(C#N)C(=O)[O-].[Pb+2]. The predicted octanol–water partition coefficient (Wildman–Crippen LogP) is -2.75. The number of carbonyl (C=O) groups is 2. The van der Waals surface area contributed by atoms with Crippen molar-refractivity contribution < 1.29 is 19.8 Å². The van der Waals surface area contributed by atoms with Gasteiger partial charge in [0.05, 0.1) is 23.1 Å². The van der Waals surface area contributed by atoms with E-state index in [9.17, 15) is 19.8 Å². The molecular formula is C8H4N2O4Pb. The number of nitrogens with zero attached hydrogens (tertiary/aromatic N) is 2. The summed E-state index contributed by atoms with van der Waals surface area (Å²) in [6, 6.07) is 2.62. The van der Waals surface area contributed by atoms with Crippen LogP contribution < -0.4 is 10.2 Å². The molecule has 7 heteroatoms. The molecular weight excluding hydrogens is 395 g/mol. The average Bonchev–Trinajstić information content (AvgIpc) is 2.15. The smallest absolute Gasteiger partial charge is 0.544 e. The zero-order chi connectivity index (χ0) is 11.7.